The largest absolute Gasteiger partial charge is 0.493 e. The molecule has 0 radical (unpaired) electrons. The fourth-order valence-corrected chi connectivity index (χ4v) is 2.95. The van der Waals surface area contributed by atoms with Gasteiger partial charge in [0.25, 0.3) is 0 Å². The molecule has 0 spiro atoms. The zero-order valence-electron chi connectivity index (χ0n) is 16.4. The lowest BCUT2D eigenvalue weighted by Gasteiger charge is -2.14. The highest BCUT2D eigenvalue weighted by atomic mass is 127. The van der Waals surface area contributed by atoms with Gasteiger partial charge < -0.3 is 25.0 Å². The summed E-state index contributed by atoms with van der Waals surface area (Å²) in [5, 5.41) is 9.55. The van der Waals surface area contributed by atoms with Crippen LogP contribution in [-0.4, -0.2) is 45.3 Å². The molecule has 0 aliphatic heterocycles. The second kappa shape index (κ2) is 11.9. The number of nitrogens with one attached hydrogen (secondary N) is 2. The molecule has 0 aliphatic rings. The summed E-state index contributed by atoms with van der Waals surface area (Å²) in [7, 11) is 5.60. The highest BCUT2D eigenvalue weighted by Gasteiger charge is 2.08. The van der Waals surface area contributed by atoms with Gasteiger partial charge in [0.05, 0.1) is 26.0 Å². The molecule has 0 aliphatic carbocycles. The molecule has 0 saturated carbocycles. The van der Waals surface area contributed by atoms with Gasteiger partial charge >= 0.3 is 0 Å². The zero-order chi connectivity index (χ0) is 18.9. The number of benzene rings is 1. The normalized spacial score (nSPS) is 10.8. The van der Waals surface area contributed by atoms with Crippen LogP contribution in [0.15, 0.2) is 28.6 Å². The standard InChI is InChI=1S/C18H27N5O2S.HI/c1-6-19-17(20-11-14-12-26-18(22-14)23(3)4)21-13-8-9-15(24-5)16(10-13)25-7-2;/h8-10,12H,6-7,11H2,1-5H3,(H2,19,20,21);1H. The third kappa shape index (κ3) is 7.06. The number of hydrogen-bond donors (Lipinski definition) is 2. The van der Waals surface area contributed by atoms with Crippen LogP contribution in [0.2, 0.25) is 0 Å². The molecule has 0 saturated heterocycles. The van der Waals surface area contributed by atoms with E-state index in [2.05, 4.69) is 20.6 Å². The molecule has 0 atom stereocenters. The Balaban J connectivity index is 0.00000364. The SMILES string of the molecule is CCNC(=NCc1csc(N(C)C)n1)Nc1ccc(OC)c(OCC)c1.I. The lowest BCUT2D eigenvalue weighted by Crippen LogP contribution is -2.30. The van der Waals surface area contributed by atoms with E-state index in [0.717, 1.165) is 23.1 Å². The summed E-state index contributed by atoms with van der Waals surface area (Å²) in [4.78, 5) is 11.2. The average Bonchev–Trinajstić information content (AvgIpc) is 3.10. The Hall–Kier alpha value is -1.75. The summed E-state index contributed by atoms with van der Waals surface area (Å²) < 4.78 is 10.9. The van der Waals surface area contributed by atoms with Crippen molar-refractivity contribution in [3.05, 3.63) is 29.3 Å². The predicted molar refractivity (Wildman–Crippen MR) is 124 cm³/mol. The fourth-order valence-electron chi connectivity index (χ4n) is 2.20. The molecule has 150 valence electrons. The Labute approximate surface area is 182 Å². The summed E-state index contributed by atoms with van der Waals surface area (Å²) in [6, 6.07) is 5.71. The summed E-state index contributed by atoms with van der Waals surface area (Å²) in [6.07, 6.45) is 0. The van der Waals surface area contributed by atoms with Crippen molar-refractivity contribution in [3.63, 3.8) is 0 Å². The van der Waals surface area contributed by atoms with Crippen molar-refractivity contribution in [2.24, 2.45) is 4.99 Å². The minimum absolute atomic E-state index is 0. The van der Waals surface area contributed by atoms with Crippen molar-refractivity contribution in [2.45, 2.75) is 20.4 Å². The van der Waals surface area contributed by atoms with Crippen molar-refractivity contribution in [1.82, 2.24) is 10.3 Å². The minimum atomic E-state index is 0. The highest BCUT2D eigenvalue weighted by Crippen LogP contribution is 2.30. The average molecular weight is 505 g/mol. The van der Waals surface area contributed by atoms with Crippen molar-refractivity contribution in [1.29, 1.82) is 0 Å². The van der Waals surface area contributed by atoms with Crippen LogP contribution in [0.5, 0.6) is 11.5 Å². The van der Waals surface area contributed by atoms with Gasteiger partial charge in [-0.05, 0) is 26.0 Å². The smallest absolute Gasteiger partial charge is 0.196 e. The van der Waals surface area contributed by atoms with Crippen LogP contribution in [0.25, 0.3) is 0 Å². The van der Waals surface area contributed by atoms with Crippen molar-refractivity contribution >= 4 is 52.1 Å². The van der Waals surface area contributed by atoms with Gasteiger partial charge in [-0.3, -0.25) is 0 Å². The highest BCUT2D eigenvalue weighted by molar-refractivity contribution is 14.0. The molecule has 7 nitrogen and oxygen atoms in total. The molecule has 0 bridgehead atoms. The number of aliphatic imine (C=N–C) groups is 1. The Bertz CT molecular complexity index is 736. The third-order valence-corrected chi connectivity index (χ3v) is 4.45. The van der Waals surface area contributed by atoms with E-state index in [1.165, 1.54) is 0 Å². The number of guanidine groups is 1. The lowest BCUT2D eigenvalue weighted by molar-refractivity contribution is 0.311. The van der Waals surface area contributed by atoms with Crippen LogP contribution >= 0.6 is 35.3 Å². The Kier molecular flexibility index (Phi) is 10.2. The van der Waals surface area contributed by atoms with Crippen molar-refractivity contribution in [2.75, 3.05) is 44.6 Å². The van der Waals surface area contributed by atoms with Gasteiger partial charge in [-0.25, -0.2) is 9.98 Å². The third-order valence-electron chi connectivity index (χ3n) is 3.39. The van der Waals surface area contributed by atoms with E-state index in [9.17, 15) is 0 Å². The van der Waals surface area contributed by atoms with E-state index in [0.29, 0.717) is 30.6 Å². The van der Waals surface area contributed by atoms with E-state index in [1.807, 2.05) is 56.4 Å². The maximum atomic E-state index is 5.63. The molecule has 2 rings (SSSR count). The molecule has 0 amide bonds. The monoisotopic (exact) mass is 505 g/mol. The number of thiazole rings is 1. The molecule has 1 aromatic carbocycles. The Morgan fingerprint density at radius 1 is 1.26 bits per heavy atom. The Morgan fingerprint density at radius 3 is 2.63 bits per heavy atom. The van der Waals surface area contributed by atoms with Crippen molar-refractivity contribution < 1.29 is 9.47 Å². The fraction of sp³-hybridized carbons (Fsp3) is 0.444. The number of anilines is 2. The van der Waals surface area contributed by atoms with Crippen LogP contribution < -0.4 is 25.0 Å². The number of rotatable bonds is 8. The quantitative estimate of drug-likeness (QED) is 0.323. The molecule has 27 heavy (non-hydrogen) atoms. The molecule has 0 fully saturated rings. The summed E-state index contributed by atoms with van der Waals surface area (Å²) in [5.74, 6) is 2.10. The molecule has 2 aromatic rings. The van der Waals surface area contributed by atoms with Gasteiger partial charge in [-0.1, -0.05) is 0 Å². The van der Waals surface area contributed by atoms with Crippen LogP contribution in [0.4, 0.5) is 10.8 Å². The van der Waals surface area contributed by atoms with E-state index >= 15 is 0 Å². The van der Waals surface area contributed by atoms with Crippen LogP contribution in [0.3, 0.4) is 0 Å². The predicted octanol–water partition coefficient (Wildman–Crippen LogP) is 3.81. The van der Waals surface area contributed by atoms with Gasteiger partial charge in [0.15, 0.2) is 22.6 Å². The summed E-state index contributed by atoms with van der Waals surface area (Å²) >= 11 is 1.61. The lowest BCUT2D eigenvalue weighted by atomic mass is 10.2. The molecule has 9 heteroatoms. The first kappa shape index (κ1) is 23.3. The number of methoxy groups -OCH3 is 1. The number of aromatic nitrogens is 1. The van der Waals surface area contributed by atoms with E-state index < -0.39 is 0 Å². The number of ether oxygens (including phenoxy) is 2. The maximum Gasteiger partial charge on any atom is 0.196 e. The number of hydrogen-bond acceptors (Lipinski definition) is 6. The first-order chi connectivity index (χ1) is 12.6. The van der Waals surface area contributed by atoms with Crippen LogP contribution in [-0.2, 0) is 6.54 Å². The van der Waals surface area contributed by atoms with E-state index in [4.69, 9.17) is 9.47 Å². The van der Waals surface area contributed by atoms with Crippen molar-refractivity contribution in [3.8, 4) is 11.5 Å². The maximum absolute atomic E-state index is 5.63. The van der Waals surface area contributed by atoms with Gasteiger partial charge in [0.2, 0.25) is 0 Å². The number of nitrogens with zero attached hydrogens (tertiary/aromatic N) is 3. The molecule has 0 unspecified atom stereocenters. The van der Waals surface area contributed by atoms with Crippen LogP contribution in [0, 0.1) is 0 Å². The molecule has 1 heterocycles. The number of halogens is 1. The minimum Gasteiger partial charge on any atom is -0.493 e. The van der Waals surface area contributed by atoms with Gasteiger partial charge in [0, 0.05) is 37.8 Å². The topological polar surface area (TPSA) is 71.0 Å². The van der Waals surface area contributed by atoms with Gasteiger partial charge in [0.1, 0.15) is 0 Å². The van der Waals surface area contributed by atoms with Gasteiger partial charge in [-0.2, -0.15) is 0 Å². The zero-order valence-corrected chi connectivity index (χ0v) is 19.6. The van der Waals surface area contributed by atoms with Crippen LogP contribution in [0.1, 0.15) is 19.5 Å². The molecular weight excluding hydrogens is 477 g/mol. The molecule has 2 N–H and O–H groups in total. The van der Waals surface area contributed by atoms with E-state index in [-0.39, 0.29) is 24.0 Å². The first-order valence-corrected chi connectivity index (χ1v) is 9.43. The summed E-state index contributed by atoms with van der Waals surface area (Å²) in [5.41, 5.74) is 1.82. The molecule has 1 aromatic heterocycles. The van der Waals surface area contributed by atoms with Gasteiger partial charge in [-0.15, -0.1) is 35.3 Å². The Morgan fingerprint density at radius 2 is 2.04 bits per heavy atom. The van der Waals surface area contributed by atoms with E-state index in [1.54, 1.807) is 18.4 Å². The summed E-state index contributed by atoms with van der Waals surface area (Å²) in [6.45, 7) is 5.82. The second-order valence-corrected chi connectivity index (χ2v) is 6.47. The first-order valence-electron chi connectivity index (χ1n) is 8.55. The molecular formula is C18H28IN5O2S. The second-order valence-electron chi connectivity index (χ2n) is 5.63.